The zero-order chi connectivity index (χ0) is 16.5. The third-order valence-corrected chi connectivity index (χ3v) is 6.39. The van der Waals surface area contributed by atoms with Crippen molar-refractivity contribution in [2.75, 3.05) is 5.08 Å². The molecule has 0 aliphatic carbocycles. The van der Waals surface area contributed by atoms with Gasteiger partial charge in [-0.05, 0) is 26.7 Å². The van der Waals surface area contributed by atoms with Gasteiger partial charge in [0.2, 0.25) is 5.08 Å². The molecule has 0 bridgehead atoms. The Balaban J connectivity index is 4.48. The molecule has 128 valence electrons. The fourth-order valence-corrected chi connectivity index (χ4v) is 4.86. The van der Waals surface area contributed by atoms with E-state index in [0.29, 0.717) is 12.8 Å². The second kappa shape index (κ2) is 9.76. The van der Waals surface area contributed by atoms with Gasteiger partial charge in [-0.3, -0.25) is 8.37 Å². The molecule has 0 rings (SSSR count). The van der Waals surface area contributed by atoms with Crippen molar-refractivity contribution < 1.29 is 25.2 Å². The van der Waals surface area contributed by atoms with Gasteiger partial charge in [-0.1, -0.05) is 39.5 Å². The molecule has 2 unspecified atom stereocenters. The molecule has 0 spiro atoms. The standard InChI is InChI=1S/C13H28O6S2/c1-5-7-9-12(3)18-20(14,15)11-21(16,17)19-13(4)10-8-6-2/h12-13H,5-11H2,1-4H3. The van der Waals surface area contributed by atoms with Gasteiger partial charge in [0.05, 0.1) is 12.2 Å². The minimum Gasteiger partial charge on any atom is -0.266 e. The highest BCUT2D eigenvalue weighted by Crippen LogP contribution is 2.13. The maximum atomic E-state index is 11.7. The van der Waals surface area contributed by atoms with E-state index in [4.69, 9.17) is 8.37 Å². The first kappa shape index (κ1) is 20.8. The molecule has 2 atom stereocenters. The Labute approximate surface area is 129 Å². The molecule has 0 aromatic carbocycles. The molecular formula is C13H28O6S2. The second-order valence-electron chi connectivity index (χ2n) is 5.33. The lowest BCUT2D eigenvalue weighted by Crippen LogP contribution is -2.26. The quantitative estimate of drug-likeness (QED) is 0.506. The van der Waals surface area contributed by atoms with Gasteiger partial charge < -0.3 is 0 Å². The Hall–Kier alpha value is -0.180. The molecule has 0 fully saturated rings. The van der Waals surface area contributed by atoms with Crippen LogP contribution in [0.25, 0.3) is 0 Å². The van der Waals surface area contributed by atoms with Crippen LogP contribution in [-0.4, -0.2) is 34.1 Å². The first-order valence-corrected chi connectivity index (χ1v) is 10.6. The van der Waals surface area contributed by atoms with Crippen molar-refractivity contribution in [3.8, 4) is 0 Å². The molecule has 0 aliphatic heterocycles. The van der Waals surface area contributed by atoms with Crippen molar-refractivity contribution >= 4 is 20.2 Å². The van der Waals surface area contributed by atoms with Gasteiger partial charge in [-0.25, -0.2) is 0 Å². The number of hydrogen-bond donors (Lipinski definition) is 0. The molecule has 8 heteroatoms. The van der Waals surface area contributed by atoms with Gasteiger partial charge in [0.1, 0.15) is 0 Å². The van der Waals surface area contributed by atoms with Gasteiger partial charge in [-0.2, -0.15) is 16.8 Å². The maximum Gasteiger partial charge on any atom is 0.284 e. The lowest BCUT2D eigenvalue weighted by atomic mass is 10.2. The van der Waals surface area contributed by atoms with Crippen LogP contribution in [0.4, 0.5) is 0 Å². The maximum absolute atomic E-state index is 11.7. The molecule has 0 saturated carbocycles. The van der Waals surface area contributed by atoms with Crippen LogP contribution in [0.1, 0.15) is 66.2 Å². The smallest absolute Gasteiger partial charge is 0.266 e. The zero-order valence-electron chi connectivity index (χ0n) is 13.4. The highest BCUT2D eigenvalue weighted by atomic mass is 32.3. The van der Waals surface area contributed by atoms with Gasteiger partial charge in [0.15, 0.2) is 0 Å². The van der Waals surface area contributed by atoms with E-state index in [-0.39, 0.29) is 0 Å². The van der Waals surface area contributed by atoms with Gasteiger partial charge in [0.25, 0.3) is 20.2 Å². The van der Waals surface area contributed by atoms with E-state index < -0.39 is 37.5 Å². The third-order valence-electron chi connectivity index (χ3n) is 2.84. The average Bonchev–Trinajstić information content (AvgIpc) is 2.30. The summed E-state index contributed by atoms with van der Waals surface area (Å²) in [6.07, 6.45) is 3.59. The van der Waals surface area contributed by atoms with Crippen molar-refractivity contribution in [3.63, 3.8) is 0 Å². The van der Waals surface area contributed by atoms with Gasteiger partial charge >= 0.3 is 0 Å². The average molecular weight is 344 g/mol. The topological polar surface area (TPSA) is 86.7 Å². The summed E-state index contributed by atoms with van der Waals surface area (Å²) in [5.74, 6) is 0. The molecule has 0 aliphatic rings. The molecule has 0 saturated heterocycles. The summed E-state index contributed by atoms with van der Waals surface area (Å²) in [5, 5.41) is -1.13. The minimum atomic E-state index is -4.15. The molecule has 0 heterocycles. The Bertz CT molecular complexity index is 425. The molecule has 0 radical (unpaired) electrons. The lowest BCUT2D eigenvalue weighted by Gasteiger charge is -2.15. The van der Waals surface area contributed by atoms with E-state index >= 15 is 0 Å². The van der Waals surface area contributed by atoms with Crippen LogP contribution in [0.3, 0.4) is 0 Å². The highest BCUT2D eigenvalue weighted by Gasteiger charge is 2.27. The van der Waals surface area contributed by atoms with Crippen LogP contribution in [0, 0.1) is 0 Å². The second-order valence-corrected chi connectivity index (χ2v) is 8.89. The largest absolute Gasteiger partial charge is 0.284 e. The van der Waals surface area contributed by atoms with E-state index in [9.17, 15) is 16.8 Å². The predicted molar refractivity (Wildman–Crippen MR) is 82.9 cm³/mol. The zero-order valence-corrected chi connectivity index (χ0v) is 15.0. The Kier molecular flexibility index (Phi) is 9.68. The summed E-state index contributed by atoms with van der Waals surface area (Å²) in [4.78, 5) is 0. The Morgan fingerprint density at radius 3 is 1.38 bits per heavy atom. The van der Waals surface area contributed by atoms with E-state index in [0.717, 1.165) is 25.7 Å². The van der Waals surface area contributed by atoms with Gasteiger partial charge in [-0.15, -0.1) is 0 Å². The summed E-state index contributed by atoms with van der Waals surface area (Å²) in [5.41, 5.74) is 0. The molecule has 21 heavy (non-hydrogen) atoms. The Morgan fingerprint density at radius 2 is 1.10 bits per heavy atom. The lowest BCUT2D eigenvalue weighted by molar-refractivity contribution is 0.209. The van der Waals surface area contributed by atoms with Crippen LogP contribution in [0.2, 0.25) is 0 Å². The van der Waals surface area contributed by atoms with Crippen LogP contribution in [0.15, 0.2) is 0 Å². The molecule has 0 N–H and O–H groups in total. The van der Waals surface area contributed by atoms with Crippen molar-refractivity contribution in [1.29, 1.82) is 0 Å². The van der Waals surface area contributed by atoms with Crippen molar-refractivity contribution in [2.24, 2.45) is 0 Å². The number of unbranched alkanes of at least 4 members (excludes halogenated alkanes) is 2. The van der Waals surface area contributed by atoms with Crippen molar-refractivity contribution in [3.05, 3.63) is 0 Å². The summed E-state index contributed by atoms with van der Waals surface area (Å²) in [6.45, 7) is 7.20. The fourth-order valence-electron chi connectivity index (χ4n) is 1.81. The van der Waals surface area contributed by atoms with Gasteiger partial charge in [0, 0.05) is 0 Å². The van der Waals surface area contributed by atoms with Crippen LogP contribution < -0.4 is 0 Å². The molecule has 6 nitrogen and oxygen atoms in total. The van der Waals surface area contributed by atoms with E-state index in [2.05, 4.69) is 0 Å². The summed E-state index contributed by atoms with van der Waals surface area (Å²) in [7, 11) is -8.30. The van der Waals surface area contributed by atoms with Crippen molar-refractivity contribution in [1.82, 2.24) is 0 Å². The molecule has 0 aromatic heterocycles. The first-order chi connectivity index (χ1) is 9.62. The van der Waals surface area contributed by atoms with Crippen molar-refractivity contribution in [2.45, 2.75) is 78.4 Å². The van der Waals surface area contributed by atoms with Crippen LogP contribution in [0.5, 0.6) is 0 Å². The van der Waals surface area contributed by atoms with Crippen LogP contribution >= 0.6 is 0 Å². The first-order valence-electron chi connectivity index (χ1n) is 7.43. The normalized spacial score (nSPS) is 15.8. The van der Waals surface area contributed by atoms with Crippen LogP contribution in [-0.2, 0) is 28.6 Å². The summed E-state index contributed by atoms with van der Waals surface area (Å²) < 4.78 is 56.6. The van der Waals surface area contributed by atoms with E-state index in [1.807, 2.05) is 13.8 Å². The fraction of sp³-hybridized carbons (Fsp3) is 1.00. The molecule has 0 aromatic rings. The Morgan fingerprint density at radius 1 is 0.762 bits per heavy atom. The van der Waals surface area contributed by atoms with E-state index in [1.54, 1.807) is 13.8 Å². The third kappa shape index (κ3) is 11.1. The number of hydrogen-bond acceptors (Lipinski definition) is 6. The summed E-state index contributed by atoms with van der Waals surface area (Å²) >= 11 is 0. The predicted octanol–water partition coefficient (Wildman–Crippen LogP) is 2.79. The summed E-state index contributed by atoms with van der Waals surface area (Å²) in [6, 6.07) is 0. The number of rotatable bonds is 12. The SMILES string of the molecule is CCCCC(C)OS(=O)(=O)CS(=O)(=O)OC(C)CCCC. The molecular weight excluding hydrogens is 316 g/mol. The monoisotopic (exact) mass is 344 g/mol. The molecule has 0 amide bonds. The van der Waals surface area contributed by atoms with E-state index in [1.165, 1.54) is 0 Å². The minimum absolute atomic E-state index is 0.525. The highest BCUT2D eigenvalue weighted by molar-refractivity contribution is 8.03.